The van der Waals surface area contributed by atoms with Gasteiger partial charge in [0, 0.05) is 47.9 Å². The first-order valence-corrected chi connectivity index (χ1v) is 11.4. The summed E-state index contributed by atoms with van der Waals surface area (Å²) >= 11 is 1.52. The summed E-state index contributed by atoms with van der Waals surface area (Å²) in [5, 5.41) is 9.92. The fourth-order valence-electron chi connectivity index (χ4n) is 3.28. The van der Waals surface area contributed by atoms with Crippen LogP contribution < -0.4 is 20.3 Å². The number of methoxy groups -OCH3 is 2. The Labute approximate surface area is 200 Å². The van der Waals surface area contributed by atoms with Crippen molar-refractivity contribution in [2.75, 3.05) is 20.8 Å². The van der Waals surface area contributed by atoms with E-state index in [0.717, 1.165) is 26.5 Å². The zero-order valence-electron chi connectivity index (χ0n) is 18.7. The quantitative estimate of drug-likeness (QED) is 0.395. The SMILES string of the molecule is COc1ccc(-c2nc(CCNC(=O)Cn3nc(-c4cccnc4)ccc3=O)cs2)cc1OC. The minimum atomic E-state index is -0.346. The third kappa shape index (κ3) is 5.46. The minimum Gasteiger partial charge on any atom is -0.493 e. The lowest BCUT2D eigenvalue weighted by atomic mass is 10.2. The molecule has 9 nitrogen and oxygen atoms in total. The Morgan fingerprint density at radius 2 is 1.94 bits per heavy atom. The summed E-state index contributed by atoms with van der Waals surface area (Å²) in [6.45, 7) is 0.228. The maximum absolute atomic E-state index is 12.4. The molecule has 0 radical (unpaired) electrons. The van der Waals surface area contributed by atoms with Crippen molar-refractivity contribution in [3.63, 3.8) is 0 Å². The van der Waals surface area contributed by atoms with Crippen molar-refractivity contribution >= 4 is 17.2 Å². The van der Waals surface area contributed by atoms with Gasteiger partial charge < -0.3 is 14.8 Å². The number of amides is 1. The van der Waals surface area contributed by atoms with Crippen LogP contribution in [0.4, 0.5) is 0 Å². The number of carbonyl (C=O) groups excluding carboxylic acids is 1. The van der Waals surface area contributed by atoms with Crippen molar-refractivity contribution < 1.29 is 14.3 Å². The molecule has 0 saturated carbocycles. The first kappa shape index (κ1) is 23.1. The fourth-order valence-corrected chi connectivity index (χ4v) is 4.13. The molecule has 174 valence electrons. The number of pyridine rings is 1. The van der Waals surface area contributed by atoms with Gasteiger partial charge in [-0.2, -0.15) is 5.10 Å². The molecule has 0 unspecified atom stereocenters. The first-order valence-electron chi connectivity index (χ1n) is 10.5. The number of thiazole rings is 1. The number of hydrogen-bond acceptors (Lipinski definition) is 8. The summed E-state index contributed by atoms with van der Waals surface area (Å²) in [5.74, 6) is 0.999. The average Bonchev–Trinajstić information content (AvgIpc) is 3.34. The van der Waals surface area contributed by atoms with Crippen LogP contribution in [0.1, 0.15) is 5.69 Å². The van der Waals surface area contributed by atoms with Crippen molar-refractivity contribution in [3.05, 3.63) is 76.3 Å². The molecule has 10 heteroatoms. The highest BCUT2D eigenvalue weighted by atomic mass is 32.1. The molecule has 1 aromatic carbocycles. The summed E-state index contributed by atoms with van der Waals surface area (Å²) in [5.41, 5.74) is 2.79. The van der Waals surface area contributed by atoms with E-state index in [4.69, 9.17) is 9.47 Å². The average molecular weight is 478 g/mol. The zero-order chi connectivity index (χ0) is 23.9. The maximum Gasteiger partial charge on any atom is 0.267 e. The highest BCUT2D eigenvalue weighted by molar-refractivity contribution is 7.13. The summed E-state index contributed by atoms with van der Waals surface area (Å²) < 4.78 is 11.8. The number of aromatic nitrogens is 4. The van der Waals surface area contributed by atoms with Crippen LogP contribution in [0.2, 0.25) is 0 Å². The Bertz CT molecular complexity index is 1340. The largest absolute Gasteiger partial charge is 0.493 e. The highest BCUT2D eigenvalue weighted by Gasteiger charge is 2.11. The van der Waals surface area contributed by atoms with Crippen LogP contribution >= 0.6 is 11.3 Å². The zero-order valence-corrected chi connectivity index (χ0v) is 19.5. The molecule has 3 heterocycles. The Morgan fingerprint density at radius 3 is 2.71 bits per heavy atom. The molecule has 1 amide bonds. The van der Waals surface area contributed by atoms with Crippen LogP contribution in [0, 0.1) is 0 Å². The van der Waals surface area contributed by atoms with Gasteiger partial charge in [0.15, 0.2) is 11.5 Å². The molecule has 0 aliphatic carbocycles. The van der Waals surface area contributed by atoms with E-state index in [-0.39, 0.29) is 18.0 Å². The Morgan fingerprint density at radius 1 is 1.09 bits per heavy atom. The molecule has 0 saturated heterocycles. The van der Waals surface area contributed by atoms with E-state index in [0.29, 0.717) is 30.2 Å². The Balaban J connectivity index is 1.34. The van der Waals surface area contributed by atoms with E-state index in [9.17, 15) is 9.59 Å². The topological polar surface area (TPSA) is 108 Å². The van der Waals surface area contributed by atoms with E-state index < -0.39 is 0 Å². The van der Waals surface area contributed by atoms with Gasteiger partial charge in [-0.1, -0.05) is 0 Å². The van der Waals surface area contributed by atoms with Crippen LogP contribution in [-0.4, -0.2) is 46.4 Å². The van der Waals surface area contributed by atoms with Gasteiger partial charge in [0.05, 0.1) is 25.6 Å². The number of carbonyl (C=O) groups is 1. The number of nitrogens with one attached hydrogen (secondary N) is 1. The van der Waals surface area contributed by atoms with E-state index in [1.807, 2.05) is 29.6 Å². The summed E-state index contributed by atoms with van der Waals surface area (Å²) in [6, 6.07) is 12.3. The third-order valence-corrected chi connectivity index (χ3v) is 5.94. The second-order valence-corrected chi connectivity index (χ2v) is 8.13. The molecule has 0 bridgehead atoms. The van der Waals surface area contributed by atoms with Crippen molar-refractivity contribution in [2.24, 2.45) is 0 Å². The van der Waals surface area contributed by atoms with Gasteiger partial charge in [0.1, 0.15) is 11.6 Å². The summed E-state index contributed by atoms with van der Waals surface area (Å²) in [4.78, 5) is 33.2. The van der Waals surface area contributed by atoms with Gasteiger partial charge in [0.2, 0.25) is 5.91 Å². The molecule has 4 rings (SSSR count). The van der Waals surface area contributed by atoms with Crippen LogP contribution in [0.25, 0.3) is 21.8 Å². The van der Waals surface area contributed by atoms with Gasteiger partial charge in [-0.05, 0) is 36.4 Å². The monoisotopic (exact) mass is 477 g/mol. The normalized spacial score (nSPS) is 10.6. The molecule has 3 aromatic heterocycles. The lowest BCUT2D eigenvalue weighted by Crippen LogP contribution is -2.34. The summed E-state index contributed by atoms with van der Waals surface area (Å²) in [6.07, 6.45) is 3.88. The number of ether oxygens (including phenoxy) is 2. The van der Waals surface area contributed by atoms with Crippen molar-refractivity contribution in [1.29, 1.82) is 0 Å². The van der Waals surface area contributed by atoms with Gasteiger partial charge >= 0.3 is 0 Å². The molecular formula is C24H23N5O4S. The van der Waals surface area contributed by atoms with E-state index >= 15 is 0 Å². The third-order valence-electron chi connectivity index (χ3n) is 5.00. The Hall–Kier alpha value is -4.05. The molecule has 0 fully saturated rings. The number of nitrogens with zero attached hydrogens (tertiary/aromatic N) is 4. The van der Waals surface area contributed by atoms with E-state index in [1.54, 1.807) is 38.7 Å². The number of rotatable bonds is 9. The molecule has 34 heavy (non-hydrogen) atoms. The Kier molecular flexibility index (Phi) is 7.28. The molecule has 0 atom stereocenters. The van der Waals surface area contributed by atoms with E-state index in [2.05, 4.69) is 20.4 Å². The molecule has 0 aliphatic rings. The van der Waals surface area contributed by atoms with Gasteiger partial charge in [0.25, 0.3) is 5.56 Å². The lowest BCUT2D eigenvalue weighted by molar-refractivity contribution is -0.121. The second-order valence-electron chi connectivity index (χ2n) is 7.27. The first-order chi connectivity index (χ1) is 16.6. The van der Waals surface area contributed by atoms with Crippen molar-refractivity contribution in [3.8, 4) is 33.3 Å². The number of hydrogen-bond donors (Lipinski definition) is 1. The predicted octanol–water partition coefficient (Wildman–Crippen LogP) is 2.80. The van der Waals surface area contributed by atoms with E-state index in [1.165, 1.54) is 17.4 Å². The van der Waals surface area contributed by atoms with Crippen LogP contribution in [0.5, 0.6) is 11.5 Å². The maximum atomic E-state index is 12.4. The molecule has 0 spiro atoms. The number of benzene rings is 1. The van der Waals surface area contributed by atoms with Crippen molar-refractivity contribution in [1.82, 2.24) is 25.1 Å². The van der Waals surface area contributed by atoms with Crippen LogP contribution in [0.15, 0.2) is 65.0 Å². The molecule has 1 N–H and O–H groups in total. The second kappa shape index (κ2) is 10.7. The van der Waals surface area contributed by atoms with Gasteiger partial charge in [-0.3, -0.25) is 14.6 Å². The predicted molar refractivity (Wildman–Crippen MR) is 129 cm³/mol. The fraction of sp³-hybridized carbons (Fsp3) is 0.208. The van der Waals surface area contributed by atoms with Gasteiger partial charge in [-0.25, -0.2) is 9.67 Å². The van der Waals surface area contributed by atoms with Crippen LogP contribution in [0.3, 0.4) is 0 Å². The smallest absolute Gasteiger partial charge is 0.267 e. The standard InChI is InChI=1S/C24H23N5O4S/c1-32-20-7-5-16(12-21(20)33-2)24-27-18(15-34-24)9-11-26-22(30)14-29-23(31)8-6-19(28-29)17-4-3-10-25-13-17/h3-8,10,12-13,15H,9,11,14H2,1-2H3,(H,26,30). The van der Waals surface area contributed by atoms with Gasteiger partial charge in [-0.15, -0.1) is 11.3 Å². The van der Waals surface area contributed by atoms with Crippen LogP contribution in [-0.2, 0) is 17.8 Å². The molecule has 4 aromatic rings. The minimum absolute atomic E-state index is 0.166. The molecule has 0 aliphatic heterocycles. The van der Waals surface area contributed by atoms with Crippen molar-refractivity contribution in [2.45, 2.75) is 13.0 Å². The highest BCUT2D eigenvalue weighted by Crippen LogP contribution is 2.33. The molecular weight excluding hydrogens is 454 g/mol. The summed E-state index contributed by atoms with van der Waals surface area (Å²) in [7, 11) is 3.19. The lowest BCUT2D eigenvalue weighted by Gasteiger charge is -2.08.